The lowest BCUT2D eigenvalue weighted by Gasteiger charge is -2.17. The van der Waals surface area contributed by atoms with Crippen molar-refractivity contribution in [2.45, 2.75) is 12.8 Å². The molecule has 130 valence electrons. The number of hydrogen-bond donors (Lipinski definition) is 2. The molecule has 1 amide bonds. The van der Waals surface area contributed by atoms with Crippen LogP contribution >= 0.6 is 0 Å². The minimum Gasteiger partial charge on any atom is -0.451 e. The van der Waals surface area contributed by atoms with Crippen molar-refractivity contribution in [2.75, 3.05) is 35.6 Å². The van der Waals surface area contributed by atoms with E-state index >= 15 is 0 Å². The van der Waals surface area contributed by atoms with Crippen LogP contribution in [0.15, 0.2) is 36.7 Å². The van der Waals surface area contributed by atoms with E-state index in [0.717, 1.165) is 18.8 Å². The van der Waals surface area contributed by atoms with Gasteiger partial charge in [0, 0.05) is 36.9 Å². The van der Waals surface area contributed by atoms with Crippen LogP contribution in [0.3, 0.4) is 0 Å². The molecule has 2 aromatic rings. The lowest BCUT2D eigenvalue weighted by Crippen LogP contribution is -2.22. The first-order valence-corrected chi connectivity index (χ1v) is 8.02. The van der Waals surface area contributed by atoms with E-state index in [2.05, 4.69) is 20.2 Å². The Kier molecular flexibility index (Phi) is 5.08. The number of anilines is 3. The molecule has 0 spiro atoms. The van der Waals surface area contributed by atoms with Gasteiger partial charge >= 0.3 is 5.97 Å². The molecule has 3 N–H and O–H groups in total. The summed E-state index contributed by atoms with van der Waals surface area (Å²) >= 11 is 0. The number of rotatable bonds is 5. The second kappa shape index (κ2) is 7.61. The average molecular weight is 341 g/mol. The van der Waals surface area contributed by atoms with Crippen LogP contribution in [0.25, 0.3) is 0 Å². The number of nitrogens with zero attached hydrogens (tertiary/aromatic N) is 3. The number of esters is 1. The number of hydrogen-bond acceptors (Lipinski definition) is 7. The Hall–Kier alpha value is -3.16. The van der Waals surface area contributed by atoms with E-state index in [1.165, 1.54) is 25.2 Å². The molecule has 25 heavy (non-hydrogen) atoms. The number of nitrogen functional groups attached to an aromatic ring is 1. The summed E-state index contributed by atoms with van der Waals surface area (Å²) in [6.07, 6.45) is 5.11. The van der Waals surface area contributed by atoms with Crippen LogP contribution in [0.5, 0.6) is 0 Å². The predicted octanol–water partition coefficient (Wildman–Crippen LogP) is 1.45. The first kappa shape index (κ1) is 16.7. The maximum absolute atomic E-state index is 11.9. The fraction of sp³-hybridized carbons (Fsp3) is 0.294. The molecule has 8 nitrogen and oxygen atoms in total. The van der Waals surface area contributed by atoms with Crippen molar-refractivity contribution in [3.05, 3.63) is 42.4 Å². The highest BCUT2D eigenvalue weighted by Crippen LogP contribution is 2.22. The summed E-state index contributed by atoms with van der Waals surface area (Å²) in [5.41, 5.74) is 7.21. The molecule has 1 fully saturated rings. The van der Waals surface area contributed by atoms with E-state index in [1.54, 1.807) is 0 Å². The van der Waals surface area contributed by atoms with Gasteiger partial charge in [0.25, 0.3) is 5.91 Å². The van der Waals surface area contributed by atoms with Gasteiger partial charge in [-0.15, -0.1) is 0 Å². The quantitative estimate of drug-likeness (QED) is 0.792. The molecule has 1 aromatic carbocycles. The largest absolute Gasteiger partial charge is 0.451 e. The minimum absolute atomic E-state index is 0.0367. The van der Waals surface area contributed by atoms with Gasteiger partial charge in [-0.2, -0.15) is 0 Å². The monoisotopic (exact) mass is 341 g/mol. The van der Waals surface area contributed by atoms with Gasteiger partial charge in [-0.25, -0.2) is 14.8 Å². The van der Waals surface area contributed by atoms with Crippen LogP contribution in [0.1, 0.15) is 23.3 Å². The number of nitrogens with one attached hydrogen (secondary N) is 1. The normalized spacial score (nSPS) is 13.5. The summed E-state index contributed by atoms with van der Waals surface area (Å²) < 4.78 is 4.91. The zero-order valence-corrected chi connectivity index (χ0v) is 13.6. The summed E-state index contributed by atoms with van der Waals surface area (Å²) in [5.74, 6) is -1.26. The number of ether oxygens (including phenoxy) is 1. The lowest BCUT2D eigenvalue weighted by atomic mass is 10.2. The van der Waals surface area contributed by atoms with Gasteiger partial charge < -0.3 is 20.7 Å². The Morgan fingerprint density at radius 3 is 2.48 bits per heavy atom. The fourth-order valence-corrected chi connectivity index (χ4v) is 2.63. The third-order valence-corrected chi connectivity index (χ3v) is 3.88. The third kappa shape index (κ3) is 4.23. The second-order valence-corrected chi connectivity index (χ2v) is 5.66. The van der Waals surface area contributed by atoms with Crippen LogP contribution in [0, 0.1) is 0 Å². The minimum atomic E-state index is -0.787. The Morgan fingerprint density at radius 2 is 1.80 bits per heavy atom. The molecule has 0 bridgehead atoms. The number of amides is 1. The topological polar surface area (TPSA) is 110 Å². The first-order chi connectivity index (χ1) is 12.1. The van der Waals surface area contributed by atoms with Gasteiger partial charge in [-0.3, -0.25) is 4.79 Å². The van der Waals surface area contributed by atoms with Crippen molar-refractivity contribution in [3.8, 4) is 0 Å². The van der Waals surface area contributed by atoms with Crippen molar-refractivity contribution in [3.63, 3.8) is 0 Å². The molecule has 1 aliphatic rings. The van der Waals surface area contributed by atoms with E-state index < -0.39 is 18.5 Å². The van der Waals surface area contributed by atoms with Gasteiger partial charge in [0.2, 0.25) is 0 Å². The number of benzene rings is 1. The van der Waals surface area contributed by atoms with E-state index in [1.807, 2.05) is 24.3 Å². The summed E-state index contributed by atoms with van der Waals surface area (Å²) in [6.45, 7) is 1.70. The predicted molar refractivity (Wildman–Crippen MR) is 93.2 cm³/mol. The SMILES string of the molecule is Nc1nccnc1C(=O)OCC(=O)Nc1ccc(N2CCCC2)cc1. The van der Waals surface area contributed by atoms with E-state index in [4.69, 9.17) is 10.5 Å². The molecule has 0 saturated carbocycles. The molecule has 1 aliphatic heterocycles. The molecule has 1 aromatic heterocycles. The molecule has 2 heterocycles. The number of carbonyl (C=O) groups excluding carboxylic acids is 2. The van der Waals surface area contributed by atoms with Gasteiger partial charge in [-0.1, -0.05) is 0 Å². The maximum atomic E-state index is 11.9. The Labute approximate surface area is 145 Å². The highest BCUT2D eigenvalue weighted by atomic mass is 16.5. The second-order valence-electron chi connectivity index (χ2n) is 5.66. The summed E-state index contributed by atoms with van der Waals surface area (Å²) in [4.78, 5) is 33.6. The van der Waals surface area contributed by atoms with Crippen LogP contribution in [0.2, 0.25) is 0 Å². The van der Waals surface area contributed by atoms with Gasteiger partial charge in [0.15, 0.2) is 18.1 Å². The molecular formula is C17H19N5O3. The Balaban J connectivity index is 1.50. The van der Waals surface area contributed by atoms with Crippen molar-refractivity contribution in [1.29, 1.82) is 0 Å². The summed E-state index contributed by atoms with van der Waals surface area (Å²) in [5, 5.41) is 2.68. The standard InChI is InChI=1S/C17H19N5O3/c18-16-15(19-7-8-20-16)17(24)25-11-14(23)21-12-3-5-13(6-4-12)22-9-1-2-10-22/h3-8H,1-2,9-11H2,(H2,18,20)(H,21,23). The zero-order valence-electron chi connectivity index (χ0n) is 13.6. The van der Waals surface area contributed by atoms with Crippen molar-refractivity contribution >= 4 is 29.1 Å². The molecule has 0 aliphatic carbocycles. The Bertz CT molecular complexity index is 757. The van der Waals surface area contributed by atoms with Gasteiger partial charge in [0.1, 0.15) is 0 Å². The number of carbonyl (C=O) groups is 2. The maximum Gasteiger partial charge on any atom is 0.361 e. The fourth-order valence-electron chi connectivity index (χ4n) is 2.63. The lowest BCUT2D eigenvalue weighted by molar-refractivity contribution is -0.119. The van der Waals surface area contributed by atoms with Crippen LogP contribution in [0.4, 0.5) is 17.2 Å². The first-order valence-electron chi connectivity index (χ1n) is 8.02. The Morgan fingerprint density at radius 1 is 1.12 bits per heavy atom. The molecule has 8 heteroatoms. The summed E-state index contributed by atoms with van der Waals surface area (Å²) in [7, 11) is 0. The highest BCUT2D eigenvalue weighted by Gasteiger charge is 2.16. The smallest absolute Gasteiger partial charge is 0.361 e. The molecule has 3 rings (SSSR count). The van der Waals surface area contributed by atoms with Crippen molar-refractivity contribution in [1.82, 2.24) is 9.97 Å². The molecule has 0 atom stereocenters. The van der Waals surface area contributed by atoms with Gasteiger partial charge in [-0.05, 0) is 37.1 Å². The third-order valence-electron chi connectivity index (χ3n) is 3.88. The van der Waals surface area contributed by atoms with Crippen molar-refractivity contribution in [2.24, 2.45) is 0 Å². The van der Waals surface area contributed by atoms with Crippen molar-refractivity contribution < 1.29 is 14.3 Å². The van der Waals surface area contributed by atoms with Crippen LogP contribution < -0.4 is 16.0 Å². The van der Waals surface area contributed by atoms with Crippen LogP contribution in [-0.2, 0) is 9.53 Å². The summed E-state index contributed by atoms with van der Waals surface area (Å²) in [6, 6.07) is 7.59. The molecular weight excluding hydrogens is 322 g/mol. The van der Waals surface area contributed by atoms with E-state index in [9.17, 15) is 9.59 Å². The highest BCUT2D eigenvalue weighted by molar-refractivity contribution is 5.96. The van der Waals surface area contributed by atoms with E-state index in [-0.39, 0.29) is 11.5 Å². The molecule has 0 radical (unpaired) electrons. The molecule has 1 saturated heterocycles. The molecule has 0 unspecified atom stereocenters. The average Bonchev–Trinajstić information content (AvgIpc) is 3.15. The van der Waals surface area contributed by atoms with Gasteiger partial charge in [0.05, 0.1) is 0 Å². The number of aromatic nitrogens is 2. The van der Waals surface area contributed by atoms with E-state index in [0.29, 0.717) is 5.69 Å². The number of nitrogens with two attached hydrogens (primary N) is 1. The zero-order chi connectivity index (χ0) is 17.6. The van der Waals surface area contributed by atoms with Crippen LogP contribution in [-0.4, -0.2) is 41.5 Å².